The van der Waals surface area contributed by atoms with Crippen LogP contribution in [0, 0.1) is 5.92 Å². The highest BCUT2D eigenvalue weighted by Gasteiger charge is 2.52. The molecule has 88 valence electrons. The molecule has 0 aliphatic heterocycles. The third-order valence-electron chi connectivity index (χ3n) is 2.94. The molecule has 1 rings (SSSR count). The van der Waals surface area contributed by atoms with Crippen LogP contribution in [0.15, 0.2) is 0 Å². The monoisotopic (exact) mass is 235 g/mol. The van der Waals surface area contributed by atoms with E-state index in [-0.39, 0.29) is 6.54 Å². The zero-order valence-corrected chi connectivity index (χ0v) is 10.0. The summed E-state index contributed by atoms with van der Waals surface area (Å²) in [5.74, 6) is -1.65. The molecule has 5 nitrogen and oxygen atoms in total. The predicted octanol–water partition coefficient (Wildman–Crippen LogP) is 0.521. The Morgan fingerprint density at radius 3 is 2.33 bits per heavy atom. The fourth-order valence-corrected chi connectivity index (χ4v) is 3.16. The summed E-state index contributed by atoms with van der Waals surface area (Å²) in [5, 5.41) is 8.69. The van der Waals surface area contributed by atoms with Crippen molar-refractivity contribution in [3.63, 3.8) is 0 Å². The average Bonchev–Trinajstić information content (AvgIpc) is 2.84. The second kappa shape index (κ2) is 3.75. The first-order valence-electron chi connectivity index (χ1n) is 4.89. The molecule has 1 fully saturated rings. The van der Waals surface area contributed by atoms with E-state index in [9.17, 15) is 13.2 Å². The van der Waals surface area contributed by atoms with E-state index >= 15 is 0 Å². The molecule has 0 heterocycles. The van der Waals surface area contributed by atoms with Crippen LogP contribution in [-0.4, -0.2) is 42.1 Å². The van der Waals surface area contributed by atoms with E-state index in [0.717, 1.165) is 0 Å². The number of sulfonamides is 1. The van der Waals surface area contributed by atoms with Gasteiger partial charge in [0.15, 0.2) is 0 Å². The molecule has 0 aromatic heterocycles. The van der Waals surface area contributed by atoms with E-state index in [1.807, 2.05) is 0 Å². The van der Waals surface area contributed by atoms with Gasteiger partial charge in [-0.15, -0.1) is 0 Å². The largest absolute Gasteiger partial charge is 0.481 e. The Balaban J connectivity index is 2.69. The van der Waals surface area contributed by atoms with Gasteiger partial charge in [0, 0.05) is 13.6 Å². The Labute approximate surface area is 90.1 Å². The van der Waals surface area contributed by atoms with Crippen LogP contribution >= 0.6 is 0 Å². The van der Waals surface area contributed by atoms with Crippen molar-refractivity contribution in [1.29, 1.82) is 0 Å². The van der Waals surface area contributed by atoms with Crippen molar-refractivity contribution in [2.75, 3.05) is 13.6 Å². The number of hydrogen-bond acceptors (Lipinski definition) is 3. The first kappa shape index (κ1) is 12.4. The zero-order valence-electron chi connectivity index (χ0n) is 9.23. The lowest BCUT2D eigenvalue weighted by molar-refractivity contribution is -0.141. The van der Waals surface area contributed by atoms with E-state index in [0.29, 0.717) is 12.8 Å². The number of carbonyl (C=O) groups is 1. The molecule has 1 aliphatic carbocycles. The minimum atomic E-state index is -3.32. The van der Waals surface area contributed by atoms with Crippen LogP contribution in [0.5, 0.6) is 0 Å². The molecule has 1 unspecified atom stereocenters. The Morgan fingerprint density at radius 1 is 1.53 bits per heavy atom. The Bertz CT molecular complexity index is 358. The van der Waals surface area contributed by atoms with Crippen molar-refractivity contribution in [3.05, 3.63) is 0 Å². The molecule has 1 atom stereocenters. The first-order valence-corrected chi connectivity index (χ1v) is 6.33. The van der Waals surface area contributed by atoms with Crippen LogP contribution in [0.4, 0.5) is 0 Å². The predicted molar refractivity (Wildman–Crippen MR) is 56.0 cm³/mol. The second-order valence-electron chi connectivity index (χ2n) is 4.47. The number of hydrogen-bond donors (Lipinski definition) is 1. The van der Waals surface area contributed by atoms with Gasteiger partial charge in [-0.05, 0) is 19.8 Å². The standard InChI is InChI=1S/C9H17NO4S/c1-7(8(11)12)6-10(3)15(13,14)9(2)4-5-9/h7H,4-6H2,1-3H3,(H,11,12). The molecule has 0 spiro atoms. The molecular weight excluding hydrogens is 218 g/mol. The molecule has 1 saturated carbocycles. The lowest BCUT2D eigenvalue weighted by Crippen LogP contribution is -2.39. The van der Waals surface area contributed by atoms with E-state index in [4.69, 9.17) is 5.11 Å². The minimum Gasteiger partial charge on any atom is -0.481 e. The topological polar surface area (TPSA) is 74.7 Å². The molecular formula is C9H17NO4S. The van der Waals surface area contributed by atoms with Crippen molar-refractivity contribution in [1.82, 2.24) is 4.31 Å². The first-order chi connectivity index (χ1) is 6.71. The van der Waals surface area contributed by atoms with Crippen molar-refractivity contribution in [3.8, 4) is 0 Å². The summed E-state index contributed by atoms with van der Waals surface area (Å²) in [6, 6.07) is 0. The van der Waals surface area contributed by atoms with Gasteiger partial charge in [0.25, 0.3) is 0 Å². The van der Waals surface area contributed by atoms with Gasteiger partial charge in [-0.2, -0.15) is 0 Å². The van der Waals surface area contributed by atoms with Gasteiger partial charge in [-0.1, -0.05) is 6.92 Å². The van der Waals surface area contributed by atoms with Crippen LogP contribution in [0.1, 0.15) is 26.7 Å². The molecule has 1 N–H and O–H groups in total. The maximum atomic E-state index is 11.9. The fourth-order valence-electron chi connectivity index (χ4n) is 1.37. The summed E-state index contributed by atoms with van der Waals surface area (Å²) in [7, 11) is -1.88. The normalized spacial score (nSPS) is 21.3. The van der Waals surface area contributed by atoms with E-state index in [1.165, 1.54) is 18.3 Å². The quantitative estimate of drug-likeness (QED) is 0.754. The maximum absolute atomic E-state index is 11.9. The summed E-state index contributed by atoms with van der Waals surface area (Å²) in [6.45, 7) is 3.24. The third-order valence-corrected chi connectivity index (χ3v) is 5.56. The molecule has 0 aromatic rings. The van der Waals surface area contributed by atoms with Crippen molar-refractivity contribution in [2.24, 2.45) is 5.92 Å². The minimum absolute atomic E-state index is 0.0350. The molecule has 0 amide bonds. The van der Waals surface area contributed by atoms with Gasteiger partial charge in [0.2, 0.25) is 10.0 Å². The second-order valence-corrected chi connectivity index (χ2v) is 7.03. The number of aliphatic carboxylic acids is 1. The number of rotatable bonds is 5. The highest BCUT2D eigenvalue weighted by molar-refractivity contribution is 7.90. The zero-order chi connectivity index (χ0) is 11.9. The molecule has 0 aromatic carbocycles. The van der Waals surface area contributed by atoms with Gasteiger partial charge in [0.05, 0.1) is 10.7 Å². The van der Waals surface area contributed by atoms with Crippen LogP contribution in [-0.2, 0) is 14.8 Å². The highest BCUT2D eigenvalue weighted by Crippen LogP contribution is 2.44. The lowest BCUT2D eigenvalue weighted by Gasteiger charge is -2.22. The van der Waals surface area contributed by atoms with E-state index in [2.05, 4.69) is 0 Å². The molecule has 15 heavy (non-hydrogen) atoms. The maximum Gasteiger partial charge on any atom is 0.307 e. The highest BCUT2D eigenvalue weighted by atomic mass is 32.2. The Kier molecular flexibility index (Phi) is 3.11. The summed E-state index contributed by atoms with van der Waals surface area (Å²) in [4.78, 5) is 10.6. The van der Waals surface area contributed by atoms with Gasteiger partial charge >= 0.3 is 5.97 Å². The van der Waals surface area contributed by atoms with Crippen LogP contribution in [0.3, 0.4) is 0 Å². The Morgan fingerprint density at radius 2 is 2.00 bits per heavy atom. The van der Waals surface area contributed by atoms with Crippen molar-refractivity contribution < 1.29 is 18.3 Å². The molecule has 0 saturated heterocycles. The van der Waals surface area contributed by atoms with E-state index in [1.54, 1.807) is 6.92 Å². The van der Waals surface area contributed by atoms with Crippen LogP contribution < -0.4 is 0 Å². The SMILES string of the molecule is CC(CN(C)S(=O)(=O)C1(C)CC1)C(=O)O. The average molecular weight is 235 g/mol. The summed E-state index contributed by atoms with van der Waals surface area (Å²) >= 11 is 0. The smallest absolute Gasteiger partial charge is 0.307 e. The number of carboxylic acid groups (broad SMARTS) is 1. The van der Waals surface area contributed by atoms with Gasteiger partial charge in [-0.3, -0.25) is 4.79 Å². The van der Waals surface area contributed by atoms with Crippen LogP contribution in [0.2, 0.25) is 0 Å². The summed E-state index contributed by atoms with van der Waals surface area (Å²) < 4.78 is 24.3. The Hall–Kier alpha value is -0.620. The number of carboxylic acids is 1. The molecule has 1 aliphatic rings. The number of nitrogens with zero attached hydrogens (tertiary/aromatic N) is 1. The molecule has 6 heteroatoms. The third kappa shape index (κ3) is 2.31. The summed E-state index contributed by atoms with van der Waals surface area (Å²) in [6.07, 6.45) is 1.34. The summed E-state index contributed by atoms with van der Waals surface area (Å²) in [5.41, 5.74) is 0. The molecule has 0 bridgehead atoms. The molecule has 0 radical (unpaired) electrons. The van der Waals surface area contributed by atoms with Crippen LogP contribution in [0.25, 0.3) is 0 Å². The van der Waals surface area contributed by atoms with Gasteiger partial charge < -0.3 is 5.11 Å². The fraction of sp³-hybridized carbons (Fsp3) is 0.889. The van der Waals surface area contributed by atoms with Crippen molar-refractivity contribution >= 4 is 16.0 Å². The van der Waals surface area contributed by atoms with Gasteiger partial charge in [-0.25, -0.2) is 12.7 Å². The van der Waals surface area contributed by atoms with E-state index < -0.39 is 26.7 Å². The lowest BCUT2D eigenvalue weighted by atomic mass is 10.2. The van der Waals surface area contributed by atoms with Crippen molar-refractivity contribution in [2.45, 2.75) is 31.4 Å². The van der Waals surface area contributed by atoms with Gasteiger partial charge in [0.1, 0.15) is 0 Å².